The fourth-order valence-electron chi connectivity index (χ4n) is 1.67. The average molecular weight is 233 g/mol. The van der Waals surface area contributed by atoms with Crippen molar-refractivity contribution < 1.29 is 9.21 Å². The van der Waals surface area contributed by atoms with E-state index in [4.69, 9.17) is 10.2 Å². The molecule has 2 rings (SSSR count). The summed E-state index contributed by atoms with van der Waals surface area (Å²) in [5, 5.41) is 2.43. The number of amides is 1. The Morgan fingerprint density at radius 2 is 2.12 bits per heavy atom. The summed E-state index contributed by atoms with van der Waals surface area (Å²) in [7, 11) is 3.47. The largest absolute Gasteiger partial charge is 0.464 e. The molecule has 1 amide bonds. The van der Waals surface area contributed by atoms with Crippen LogP contribution in [0.2, 0.25) is 0 Å². The monoisotopic (exact) mass is 233 g/mol. The first-order valence-electron chi connectivity index (χ1n) is 5.29. The van der Waals surface area contributed by atoms with E-state index in [2.05, 4.69) is 5.43 Å². The van der Waals surface area contributed by atoms with Crippen LogP contribution < -0.4 is 11.2 Å². The highest BCUT2D eigenvalue weighted by Crippen LogP contribution is 2.25. The van der Waals surface area contributed by atoms with Crippen LogP contribution in [-0.4, -0.2) is 25.0 Å². The van der Waals surface area contributed by atoms with Crippen LogP contribution in [0.3, 0.4) is 0 Å². The minimum Gasteiger partial charge on any atom is -0.464 e. The molecule has 5 nitrogen and oxygen atoms in total. The average Bonchev–Trinajstić information content (AvgIpc) is 2.70. The van der Waals surface area contributed by atoms with Crippen LogP contribution in [0, 0.1) is 0 Å². The van der Waals surface area contributed by atoms with Gasteiger partial charge >= 0.3 is 0 Å². The van der Waals surface area contributed by atoms with E-state index in [9.17, 15) is 4.79 Å². The molecule has 0 aliphatic carbocycles. The van der Waals surface area contributed by atoms with Gasteiger partial charge in [0.2, 0.25) is 0 Å². The molecule has 0 aliphatic heterocycles. The van der Waals surface area contributed by atoms with Gasteiger partial charge in [0.05, 0.1) is 6.26 Å². The summed E-state index contributed by atoms with van der Waals surface area (Å²) in [5.41, 5.74) is 9.95. The smallest absolute Gasteiger partial charge is 0.255 e. The summed E-state index contributed by atoms with van der Waals surface area (Å²) in [6, 6.07) is 6.76. The SMILES string of the molecule is CN(C)NC(=O)C(N)c1coc2ccccc12. The van der Waals surface area contributed by atoms with Crippen LogP contribution in [0.1, 0.15) is 11.6 Å². The third-order valence-electron chi connectivity index (χ3n) is 2.46. The van der Waals surface area contributed by atoms with E-state index in [0.29, 0.717) is 5.56 Å². The third-order valence-corrected chi connectivity index (χ3v) is 2.46. The zero-order chi connectivity index (χ0) is 12.4. The van der Waals surface area contributed by atoms with E-state index in [1.165, 1.54) is 6.26 Å². The molecular weight excluding hydrogens is 218 g/mol. The van der Waals surface area contributed by atoms with Crippen molar-refractivity contribution >= 4 is 16.9 Å². The Morgan fingerprint density at radius 1 is 1.41 bits per heavy atom. The summed E-state index contributed by atoms with van der Waals surface area (Å²) >= 11 is 0. The van der Waals surface area contributed by atoms with Crippen molar-refractivity contribution in [2.75, 3.05) is 14.1 Å². The first-order valence-corrected chi connectivity index (χ1v) is 5.29. The van der Waals surface area contributed by atoms with Crippen LogP contribution in [0.5, 0.6) is 0 Å². The lowest BCUT2D eigenvalue weighted by Gasteiger charge is -2.15. The van der Waals surface area contributed by atoms with Crippen molar-refractivity contribution in [1.82, 2.24) is 10.4 Å². The molecule has 2 aromatic rings. The number of hydrogen-bond acceptors (Lipinski definition) is 4. The highest BCUT2D eigenvalue weighted by molar-refractivity contribution is 5.90. The van der Waals surface area contributed by atoms with Gasteiger partial charge in [-0.2, -0.15) is 0 Å². The Labute approximate surface area is 99.1 Å². The first kappa shape index (κ1) is 11.6. The van der Waals surface area contributed by atoms with Crippen LogP contribution in [0.25, 0.3) is 11.0 Å². The number of nitrogens with two attached hydrogens (primary N) is 1. The Morgan fingerprint density at radius 3 is 2.82 bits per heavy atom. The molecule has 90 valence electrons. The van der Waals surface area contributed by atoms with E-state index < -0.39 is 6.04 Å². The minimum absolute atomic E-state index is 0.262. The molecule has 0 saturated carbocycles. The standard InChI is InChI=1S/C12H15N3O2/c1-15(2)14-12(16)11(13)9-7-17-10-6-4-3-5-8(9)10/h3-7,11H,13H2,1-2H3,(H,14,16). The number of furan rings is 1. The molecule has 0 radical (unpaired) electrons. The second-order valence-electron chi connectivity index (χ2n) is 4.04. The lowest BCUT2D eigenvalue weighted by molar-refractivity contribution is -0.126. The molecule has 0 bridgehead atoms. The molecule has 5 heteroatoms. The number of hydrogen-bond donors (Lipinski definition) is 2. The molecule has 1 aromatic carbocycles. The van der Waals surface area contributed by atoms with Crippen molar-refractivity contribution in [2.24, 2.45) is 5.73 Å². The minimum atomic E-state index is -0.735. The van der Waals surface area contributed by atoms with Crippen molar-refractivity contribution in [3.63, 3.8) is 0 Å². The maximum atomic E-state index is 11.8. The molecule has 0 saturated heterocycles. The van der Waals surface area contributed by atoms with Gasteiger partial charge in [-0.05, 0) is 6.07 Å². The predicted molar refractivity (Wildman–Crippen MR) is 65.0 cm³/mol. The van der Waals surface area contributed by atoms with Crippen molar-refractivity contribution in [3.8, 4) is 0 Å². The quantitative estimate of drug-likeness (QED) is 0.777. The summed E-state index contributed by atoms with van der Waals surface area (Å²) in [6.07, 6.45) is 1.53. The summed E-state index contributed by atoms with van der Waals surface area (Å²) in [6.45, 7) is 0. The lowest BCUT2D eigenvalue weighted by Crippen LogP contribution is -2.41. The molecule has 3 N–H and O–H groups in total. The Hall–Kier alpha value is -1.85. The highest BCUT2D eigenvalue weighted by Gasteiger charge is 2.20. The van der Waals surface area contributed by atoms with Gasteiger partial charge in [-0.1, -0.05) is 18.2 Å². The van der Waals surface area contributed by atoms with E-state index >= 15 is 0 Å². The number of para-hydroxylation sites is 1. The van der Waals surface area contributed by atoms with Gasteiger partial charge in [0, 0.05) is 25.0 Å². The van der Waals surface area contributed by atoms with Gasteiger partial charge in [-0.25, -0.2) is 5.01 Å². The number of nitrogens with one attached hydrogen (secondary N) is 1. The third kappa shape index (κ3) is 2.30. The Bertz CT molecular complexity index is 533. The van der Waals surface area contributed by atoms with Crippen LogP contribution in [0.4, 0.5) is 0 Å². The summed E-state index contributed by atoms with van der Waals surface area (Å²) in [5.74, 6) is -0.262. The molecule has 17 heavy (non-hydrogen) atoms. The number of carbonyl (C=O) groups excluding carboxylic acids is 1. The molecule has 1 heterocycles. The van der Waals surface area contributed by atoms with E-state index in [1.54, 1.807) is 19.1 Å². The number of rotatable bonds is 3. The lowest BCUT2D eigenvalue weighted by atomic mass is 10.1. The van der Waals surface area contributed by atoms with Gasteiger partial charge in [-0.15, -0.1) is 0 Å². The van der Waals surface area contributed by atoms with Crippen LogP contribution >= 0.6 is 0 Å². The molecule has 1 atom stereocenters. The zero-order valence-electron chi connectivity index (χ0n) is 9.81. The molecular formula is C12H15N3O2. The maximum absolute atomic E-state index is 11.8. The fraction of sp³-hybridized carbons (Fsp3) is 0.250. The van der Waals surface area contributed by atoms with Crippen LogP contribution in [0.15, 0.2) is 34.9 Å². The number of nitrogens with zero attached hydrogens (tertiary/aromatic N) is 1. The van der Waals surface area contributed by atoms with E-state index in [0.717, 1.165) is 11.0 Å². The number of carbonyl (C=O) groups is 1. The topological polar surface area (TPSA) is 71.5 Å². The zero-order valence-corrected chi connectivity index (χ0v) is 9.81. The number of hydrazine groups is 1. The molecule has 0 fully saturated rings. The van der Waals surface area contributed by atoms with Gasteiger partial charge < -0.3 is 10.2 Å². The van der Waals surface area contributed by atoms with Gasteiger partial charge in [0.1, 0.15) is 11.6 Å². The van der Waals surface area contributed by atoms with Gasteiger partial charge in [0.15, 0.2) is 0 Å². The highest BCUT2D eigenvalue weighted by atomic mass is 16.3. The molecule has 0 aliphatic rings. The summed E-state index contributed by atoms with van der Waals surface area (Å²) < 4.78 is 5.35. The maximum Gasteiger partial charge on any atom is 0.255 e. The van der Waals surface area contributed by atoms with Gasteiger partial charge in [0.25, 0.3) is 5.91 Å². The van der Waals surface area contributed by atoms with Crippen molar-refractivity contribution in [1.29, 1.82) is 0 Å². The first-order chi connectivity index (χ1) is 8.09. The Balaban J connectivity index is 2.30. The number of fused-ring (bicyclic) bond motifs is 1. The Kier molecular flexibility index (Phi) is 3.12. The van der Waals surface area contributed by atoms with Crippen molar-refractivity contribution in [2.45, 2.75) is 6.04 Å². The normalized spacial score (nSPS) is 12.9. The van der Waals surface area contributed by atoms with Crippen LogP contribution in [-0.2, 0) is 4.79 Å². The second-order valence-corrected chi connectivity index (χ2v) is 4.04. The van der Waals surface area contributed by atoms with Gasteiger partial charge in [-0.3, -0.25) is 10.2 Å². The molecule has 0 spiro atoms. The number of benzene rings is 1. The molecule has 1 unspecified atom stereocenters. The second kappa shape index (κ2) is 4.57. The fourth-order valence-corrected chi connectivity index (χ4v) is 1.67. The van der Waals surface area contributed by atoms with Crippen molar-refractivity contribution in [3.05, 3.63) is 36.1 Å². The van der Waals surface area contributed by atoms with E-state index in [1.807, 2.05) is 24.3 Å². The van der Waals surface area contributed by atoms with E-state index in [-0.39, 0.29) is 5.91 Å². The molecule has 1 aromatic heterocycles. The summed E-state index contributed by atoms with van der Waals surface area (Å²) in [4.78, 5) is 11.8. The predicted octanol–water partition coefficient (Wildman–Crippen LogP) is 1.03.